The third kappa shape index (κ3) is 2.57. The Morgan fingerprint density at radius 1 is 1.21 bits per heavy atom. The average molecular weight is 320 g/mol. The topological polar surface area (TPSA) is 112 Å². The first-order chi connectivity index (χ1) is 11.5. The first kappa shape index (κ1) is 15.2. The number of carboxylic acid groups (broad SMARTS) is 1. The quantitative estimate of drug-likeness (QED) is 0.767. The maximum absolute atomic E-state index is 10.9. The van der Waals surface area contributed by atoms with E-state index in [-0.39, 0.29) is 11.4 Å². The summed E-state index contributed by atoms with van der Waals surface area (Å²) in [5.74, 6) is -0.888. The molecule has 0 bridgehead atoms. The van der Waals surface area contributed by atoms with E-state index in [1.54, 1.807) is 18.2 Å². The van der Waals surface area contributed by atoms with Crippen LogP contribution >= 0.6 is 0 Å². The molecule has 0 spiro atoms. The maximum Gasteiger partial charge on any atom is 0.337 e. The van der Waals surface area contributed by atoms with Gasteiger partial charge in [-0.05, 0) is 42.3 Å². The lowest BCUT2D eigenvalue weighted by Crippen LogP contribution is -2.02. The van der Waals surface area contributed by atoms with Crippen LogP contribution in [0.3, 0.4) is 0 Å². The molecule has 1 aromatic carbocycles. The van der Waals surface area contributed by atoms with Crippen LogP contribution in [-0.4, -0.2) is 30.9 Å². The van der Waals surface area contributed by atoms with Gasteiger partial charge in [0.25, 0.3) is 0 Å². The number of aromatic carboxylic acids is 1. The third-order valence-corrected chi connectivity index (χ3v) is 3.60. The monoisotopic (exact) mass is 320 g/mol. The second-order valence-electron chi connectivity index (χ2n) is 5.15. The van der Waals surface area contributed by atoms with Crippen LogP contribution in [0.2, 0.25) is 0 Å². The van der Waals surface area contributed by atoms with E-state index in [1.807, 2.05) is 6.92 Å². The Bertz CT molecular complexity index is 968. The number of hydrogen-bond donors (Lipinski definition) is 2. The Morgan fingerprint density at radius 3 is 2.58 bits per heavy atom. The van der Waals surface area contributed by atoms with Crippen molar-refractivity contribution in [3.63, 3.8) is 0 Å². The summed E-state index contributed by atoms with van der Waals surface area (Å²) >= 11 is 0. The molecule has 0 fully saturated rings. The van der Waals surface area contributed by atoms with Gasteiger partial charge >= 0.3 is 5.97 Å². The number of carbonyl (C=O) groups is 1. The highest BCUT2D eigenvalue weighted by molar-refractivity contribution is 5.87. The Balaban J connectivity index is 2.03. The molecule has 2 N–H and O–H groups in total. The number of hydrogen-bond acceptors (Lipinski definition) is 5. The van der Waals surface area contributed by atoms with Crippen LogP contribution in [0, 0.1) is 18.3 Å². The number of nitrogens with zero attached hydrogens (tertiary/aromatic N) is 4. The molecular weight excluding hydrogens is 308 g/mol. The summed E-state index contributed by atoms with van der Waals surface area (Å²) in [6, 6.07) is 10.1. The fourth-order valence-electron chi connectivity index (χ4n) is 2.37. The number of benzene rings is 1. The Hall–Kier alpha value is -3.66. The molecule has 0 radical (unpaired) electrons. The molecule has 0 saturated heterocycles. The Labute approximate surface area is 137 Å². The Kier molecular flexibility index (Phi) is 3.72. The maximum atomic E-state index is 10.9. The van der Waals surface area contributed by atoms with E-state index in [0.29, 0.717) is 16.9 Å². The minimum atomic E-state index is -1.08. The highest BCUT2D eigenvalue weighted by Gasteiger charge is 2.16. The van der Waals surface area contributed by atoms with Crippen molar-refractivity contribution in [2.24, 2.45) is 0 Å². The lowest BCUT2D eigenvalue weighted by Gasteiger charge is -2.06. The first-order valence-corrected chi connectivity index (χ1v) is 6.99. The summed E-state index contributed by atoms with van der Waals surface area (Å²) in [5.41, 5.74) is 2.67. The van der Waals surface area contributed by atoms with Gasteiger partial charge in [0.05, 0.1) is 29.0 Å². The molecule has 0 amide bonds. The van der Waals surface area contributed by atoms with Crippen molar-refractivity contribution >= 4 is 5.97 Å². The van der Waals surface area contributed by atoms with Crippen molar-refractivity contribution in [1.82, 2.24) is 14.8 Å². The zero-order valence-corrected chi connectivity index (χ0v) is 12.6. The minimum absolute atomic E-state index is 0.0496. The fraction of sp³-hybridized carbons (Fsp3) is 0.0588. The van der Waals surface area contributed by atoms with Gasteiger partial charge in [0.2, 0.25) is 5.88 Å². The van der Waals surface area contributed by atoms with Gasteiger partial charge in [-0.25, -0.2) is 9.78 Å². The summed E-state index contributed by atoms with van der Waals surface area (Å²) in [5, 5.41) is 32.4. The molecule has 0 aliphatic rings. The first-order valence-electron chi connectivity index (χ1n) is 6.99. The van der Waals surface area contributed by atoms with Gasteiger partial charge in [0.1, 0.15) is 0 Å². The molecule has 0 unspecified atom stereocenters. The molecule has 2 heterocycles. The standard InChI is InChI=1S/C17H12N4O3/c1-10-6-11(7-18)2-4-13(10)14-9-20-21(16(14)22)15-5-3-12(8-19-15)17(23)24/h2-6,8-9,22H,1H3,(H,23,24). The predicted molar refractivity (Wildman–Crippen MR) is 84.9 cm³/mol. The van der Waals surface area contributed by atoms with Gasteiger partial charge in [0.15, 0.2) is 5.82 Å². The van der Waals surface area contributed by atoms with Crippen molar-refractivity contribution in [1.29, 1.82) is 5.26 Å². The number of aromatic nitrogens is 3. The number of aryl methyl sites for hydroxylation is 1. The van der Waals surface area contributed by atoms with Crippen LogP contribution in [0.5, 0.6) is 5.88 Å². The smallest absolute Gasteiger partial charge is 0.337 e. The van der Waals surface area contributed by atoms with Gasteiger partial charge in [-0.3, -0.25) is 0 Å². The highest BCUT2D eigenvalue weighted by atomic mass is 16.4. The van der Waals surface area contributed by atoms with Crippen LogP contribution in [0.15, 0.2) is 42.7 Å². The van der Waals surface area contributed by atoms with Gasteiger partial charge in [-0.15, -0.1) is 0 Å². The van der Waals surface area contributed by atoms with Crippen LogP contribution < -0.4 is 0 Å². The molecule has 0 aliphatic carbocycles. The lowest BCUT2D eigenvalue weighted by molar-refractivity contribution is 0.0696. The zero-order chi connectivity index (χ0) is 17.3. The SMILES string of the molecule is Cc1cc(C#N)ccc1-c1cnn(-c2ccc(C(=O)O)cn2)c1O. The zero-order valence-electron chi connectivity index (χ0n) is 12.6. The molecule has 2 aromatic heterocycles. The second-order valence-corrected chi connectivity index (χ2v) is 5.15. The molecule has 7 nitrogen and oxygen atoms in total. The molecular formula is C17H12N4O3. The molecule has 3 rings (SSSR count). The number of aromatic hydroxyl groups is 1. The third-order valence-electron chi connectivity index (χ3n) is 3.60. The van der Waals surface area contributed by atoms with E-state index in [2.05, 4.69) is 16.2 Å². The fourth-order valence-corrected chi connectivity index (χ4v) is 2.37. The number of pyridine rings is 1. The minimum Gasteiger partial charge on any atom is -0.493 e. The largest absolute Gasteiger partial charge is 0.493 e. The van der Waals surface area contributed by atoms with Gasteiger partial charge < -0.3 is 10.2 Å². The molecule has 24 heavy (non-hydrogen) atoms. The van der Waals surface area contributed by atoms with E-state index in [0.717, 1.165) is 11.1 Å². The van der Waals surface area contributed by atoms with Crippen molar-refractivity contribution in [2.45, 2.75) is 6.92 Å². The van der Waals surface area contributed by atoms with E-state index < -0.39 is 5.97 Å². The van der Waals surface area contributed by atoms with Gasteiger partial charge in [-0.1, -0.05) is 6.07 Å². The summed E-state index contributed by atoms with van der Waals surface area (Å²) < 4.78 is 1.22. The summed E-state index contributed by atoms with van der Waals surface area (Å²) in [6.45, 7) is 1.84. The average Bonchev–Trinajstić information content (AvgIpc) is 2.96. The molecule has 0 aliphatic heterocycles. The van der Waals surface area contributed by atoms with E-state index >= 15 is 0 Å². The molecule has 7 heteroatoms. The molecule has 0 atom stereocenters. The van der Waals surface area contributed by atoms with Crippen molar-refractivity contribution < 1.29 is 15.0 Å². The Morgan fingerprint density at radius 2 is 2.00 bits per heavy atom. The summed E-state index contributed by atoms with van der Waals surface area (Å²) in [7, 11) is 0. The summed E-state index contributed by atoms with van der Waals surface area (Å²) in [4.78, 5) is 14.9. The van der Waals surface area contributed by atoms with Crippen LogP contribution in [0.4, 0.5) is 0 Å². The van der Waals surface area contributed by atoms with Crippen LogP contribution in [0.1, 0.15) is 21.5 Å². The molecule has 3 aromatic rings. The molecule has 0 saturated carbocycles. The van der Waals surface area contributed by atoms with Crippen LogP contribution in [0.25, 0.3) is 16.9 Å². The number of nitriles is 1. The number of carboxylic acids is 1. The molecule has 118 valence electrons. The van der Waals surface area contributed by atoms with E-state index in [1.165, 1.54) is 29.2 Å². The van der Waals surface area contributed by atoms with Gasteiger partial charge in [0, 0.05) is 6.20 Å². The normalized spacial score (nSPS) is 10.3. The van der Waals surface area contributed by atoms with E-state index in [4.69, 9.17) is 10.4 Å². The van der Waals surface area contributed by atoms with E-state index in [9.17, 15) is 9.90 Å². The van der Waals surface area contributed by atoms with Crippen molar-refractivity contribution in [3.8, 4) is 28.9 Å². The summed E-state index contributed by atoms with van der Waals surface area (Å²) in [6.07, 6.45) is 2.70. The highest BCUT2D eigenvalue weighted by Crippen LogP contribution is 2.32. The number of rotatable bonds is 3. The second kappa shape index (κ2) is 5.85. The van der Waals surface area contributed by atoms with Gasteiger partial charge in [-0.2, -0.15) is 15.0 Å². The van der Waals surface area contributed by atoms with Crippen LogP contribution in [-0.2, 0) is 0 Å². The van der Waals surface area contributed by atoms with Crippen molar-refractivity contribution in [3.05, 3.63) is 59.4 Å². The lowest BCUT2D eigenvalue weighted by atomic mass is 10.0. The van der Waals surface area contributed by atoms with Crippen molar-refractivity contribution in [2.75, 3.05) is 0 Å². The predicted octanol–water partition coefficient (Wildman–Crippen LogP) is 2.52.